The van der Waals surface area contributed by atoms with Crippen LogP contribution in [0.5, 0.6) is 5.75 Å². The van der Waals surface area contributed by atoms with Gasteiger partial charge in [-0.15, -0.1) is 0 Å². The van der Waals surface area contributed by atoms with Crippen molar-refractivity contribution in [1.29, 1.82) is 0 Å². The lowest BCUT2D eigenvalue weighted by Crippen LogP contribution is -2.48. The first-order valence-corrected chi connectivity index (χ1v) is 13.9. The molecule has 1 saturated heterocycles. The zero-order chi connectivity index (χ0) is 28.5. The molecule has 5 nitrogen and oxygen atoms in total. The van der Waals surface area contributed by atoms with Crippen LogP contribution in [0.3, 0.4) is 0 Å². The van der Waals surface area contributed by atoms with Gasteiger partial charge in [0, 0.05) is 33.3 Å². The molecule has 4 aromatic rings. The summed E-state index contributed by atoms with van der Waals surface area (Å²) in [5.41, 5.74) is 3.06. The number of methoxy groups -OCH3 is 1. The number of halogens is 1. The number of anilines is 1. The van der Waals surface area contributed by atoms with Gasteiger partial charge < -0.3 is 9.64 Å². The van der Waals surface area contributed by atoms with Gasteiger partial charge in [-0.2, -0.15) is 0 Å². The summed E-state index contributed by atoms with van der Waals surface area (Å²) in [7, 11) is 1.58. The fourth-order valence-electron chi connectivity index (χ4n) is 7.04. The molecule has 1 fully saturated rings. The number of ether oxygens (including phenoxy) is 1. The number of aryl methyl sites for hydroxylation is 1. The highest BCUT2D eigenvalue weighted by atomic mass is 35.5. The van der Waals surface area contributed by atoms with Crippen molar-refractivity contribution in [1.82, 2.24) is 0 Å². The van der Waals surface area contributed by atoms with Crippen LogP contribution in [0.15, 0.2) is 97.1 Å². The van der Waals surface area contributed by atoms with Gasteiger partial charge in [0.05, 0.1) is 13.2 Å². The number of carbonyl (C=O) groups excluding carboxylic acids is 3. The lowest BCUT2D eigenvalue weighted by molar-refractivity contribution is 0.0665. The maximum Gasteiger partial charge on any atom is 0.185 e. The Bertz CT molecular complexity index is 1760. The predicted octanol–water partition coefficient (Wildman–Crippen LogP) is 6.97. The molecule has 1 spiro atoms. The van der Waals surface area contributed by atoms with Crippen molar-refractivity contribution in [2.24, 2.45) is 5.41 Å². The van der Waals surface area contributed by atoms with E-state index in [-0.39, 0.29) is 17.3 Å². The maximum atomic E-state index is 14.7. The monoisotopic (exact) mass is 559 g/mol. The Morgan fingerprint density at radius 3 is 2.27 bits per heavy atom. The van der Waals surface area contributed by atoms with Crippen molar-refractivity contribution in [2.45, 2.75) is 24.9 Å². The summed E-state index contributed by atoms with van der Waals surface area (Å²) < 4.78 is 5.57. The zero-order valence-electron chi connectivity index (χ0n) is 22.5. The summed E-state index contributed by atoms with van der Waals surface area (Å²) in [4.78, 5) is 46.1. The van der Waals surface area contributed by atoms with Crippen LogP contribution in [0.1, 0.15) is 53.7 Å². The highest BCUT2D eigenvalue weighted by Crippen LogP contribution is 2.61. The van der Waals surface area contributed by atoms with E-state index in [4.69, 9.17) is 16.3 Å². The van der Waals surface area contributed by atoms with Crippen LogP contribution in [-0.4, -0.2) is 36.5 Å². The first-order valence-electron chi connectivity index (χ1n) is 13.6. The van der Waals surface area contributed by atoms with Crippen molar-refractivity contribution < 1.29 is 19.1 Å². The average molecular weight is 560 g/mol. The topological polar surface area (TPSA) is 63.7 Å². The molecule has 0 amide bonds. The van der Waals surface area contributed by atoms with E-state index < -0.39 is 23.4 Å². The molecule has 0 N–H and O–H groups in total. The average Bonchev–Trinajstić information content (AvgIpc) is 3.43. The third kappa shape index (κ3) is 3.52. The summed E-state index contributed by atoms with van der Waals surface area (Å²) in [6.45, 7) is 1.97. The van der Waals surface area contributed by atoms with Gasteiger partial charge in [0.2, 0.25) is 0 Å². The highest BCUT2D eigenvalue weighted by Gasteiger charge is 2.71. The Kier molecular flexibility index (Phi) is 5.77. The van der Waals surface area contributed by atoms with Crippen LogP contribution in [0.2, 0.25) is 5.02 Å². The van der Waals surface area contributed by atoms with Crippen molar-refractivity contribution >= 4 is 40.7 Å². The molecule has 3 aliphatic rings. The largest absolute Gasteiger partial charge is 0.497 e. The number of rotatable bonds is 4. The molecule has 2 aliphatic heterocycles. The summed E-state index contributed by atoms with van der Waals surface area (Å²) in [5, 5.41) is 0.562. The second-order valence-electron chi connectivity index (χ2n) is 10.9. The van der Waals surface area contributed by atoms with Gasteiger partial charge in [-0.25, -0.2) is 0 Å². The molecule has 0 aromatic heterocycles. The number of ketones is 3. The third-order valence-electron chi connectivity index (χ3n) is 8.82. The van der Waals surface area contributed by atoms with Gasteiger partial charge in [-0.3, -0.25) is 14.4 Å². The number of hydrogen-bond donors (Lipinski definition) is 0. The van der Waals surface area contributed by atoms with Crippen LogP contribution in [0, 0.1) is 12.3 Å². The van der Waals surface area contributed by atoms with Crippen molar-refractivity contribution in [3.8, 4) is 5.75 Å². The number of fused-ring (bicyclic) bond motifs is 5. The Morgan fingerprint density at radius 2 is 1.59 bits per heavy atom. The third-order valence-corrected chi connectivity index (χ3v) is 9.06. The molecule has 0 unspecified atom stereocenters. The van der Waals surface area contributed by atoms with E-state index in [2.05, 4.69) is 0 Å². The first-order chi connectivity index (χ1) is 19.9. The molecule has 4 aromatic carbocycles. The van der Waals surface area contributed by atoms with Gasteiger partial charge >= 0.3 is 0 Å². The number of nitrogens with zero attached hydrogens (tertiary/aromatic N) is 1. The molecule has 202 valence electrons. The summed E-state index contributed by atoms with van der Waals surface area (Å²) >= 11 is 6.37. The van der Waals surface area contributed by atoms with E-state index in [0.717, 1.165) is 16.8 Å². The molecule has 0 saturated carbocycles. The Balaban J connectivity index is 1.55. The second kappa shape index (κ2) is 9.28. The molecule has 1 aliphatic carbocycles. The van der Waals surface area contributed by atoms with Crippen LogP contribution in [-0.2, 0) is 0 Å². The standard InChI is InChI=1S/C35H26ClNO4/c1-20-10-12-21(13-11-20)32(38)31-30(23-6-5-7-25(19-23)41-2)35(33(39)26-8-3-4-9-27(26)34(35)40)29-17-14-22-18-24(36)15-16-28(22)37(29)31/h3-19,29-31H,1-2H3/t29-,30-,31+/m0/s1. The van der Waals surface area contributed by atoms with Gasteiger partial charge in [0.1, 0.15) is 17.2 Å². The van der Waals surface area contributed by atoms with Crippen molar-refractivity contribution in [3.63, 3.8) is 0 Å². The van der Waals surface area contributed by atoms with E-state index in [0.29, 0.717) is 33.0 Å². The molecular weight excluding hydrogens is 534 g/mol. The second-order valence-corrected chi connectivity index (χ2v) is 11.4. The van der Waals surface area contributed by atoms with Crippen LogP contribution >= 0.6 is 11.6 Å². The molecule has 0 bridgehead atoms. The molecule has 7 rings (SSSR count). The number of carbonyl (C=O) groups is 3. The molecule has 2 heterocycles. The Hall–Kier alpha value is -4.48. The minimum Gasteiger partial charge on any atom is -0.497 e. The summed E-state index contributed by atoms with van der Waals surface area (Å²) in [5.74, 6) is -0.894. The quantitative estimate of drug-likeness (QED) is 0.199. The van der Waals surface area contributed by atoms with E-state index >= 15 is 0 Å². The van der Waals surface area contributed by atoms with Gasteiger partial charge in [-0.1, -0.05) is 90.0 Å². The van der Waals surface area contributed by atoms with E-state index in [1.54, 1.807) is 37.4 Å². The van der Waals surface area contributed by atoms with Crippen LogP contribution in [0.25, 0.3) is 6.08 Å². The minimum absolute atomic E-state index is 0.160. The molecule has 3 atom stereocenters. The Morgan fingerprint density at radius 1 is 0.878 bits per heavy atom. The fraction of sp³-hybridized carbons (Fsp3) is 0.171. The molecule has 0 radical (unpaired) electrons. The van der Waals surface area contributed by atoms with E-state index in [9.17, 15) is 14.4 Å². The van der Waals surface area contributed by atoms with Crippen molar-refractivity contribution in [3.05, 3.63) is 135 Å². The maximum absolute atomic E-state index is 14.7. The molecular formula is C35H26ClNO4. The normalized spacial score (nSPS) is 21.5. The van der Waals surface area contributed by atoms with Crippen LogP contribution in [0.4, 0.5) is 5.69 Å². The summed E-state index contributed by atoms with van der Waals surface area (Å²) in [6, 6.07) is 25.8. The van der Waals surface area contributed by atoms with E-state index in [1.807, 2.05) is 84.6 Å². The zero-order valence-corrected chi connectivity index (χ0v) is 23.3. The number of benzene rings is 4. The lowest BCUT2D eigenvalue weighted by atomic mass is 9.64. The predicted molar refractivity (Wildman–Crippen MR) is 159 cm³/mol. The molecule has 41 heavy (non-hydrogen) atoms. The van der Waals surface area contributed by atoms with E-state index in [1.165, 1.54) is 0 Å². The van der Waals surface area contributed by atoms with Gasteiger partial charge in [0.25, 0.3) is 0 Å². The summed E-state index contributed by atoms with van der Waals surface area (Å²) in [6.07, 6.45) is 3.81. The number of hydrogen-bond acceptors (Lipinski definition) is 5. The molecule has 6 heteroatoms. The minimum atomic E-state index is -1.56. The van der Waals surface area contributed by atoms with Gasteiger partial charge in [0.15, 0.2) is 17.3 Å². The smallest absolute Gasteiger partial charge is 0.185 e. The number of Topliss-reactive ketones (excluding diaryl/α,β-unsaturated/α-hetero) is 3. The lowest BCUT2D eigenvalue weighted by Gasteiger charge is -2.37. The first kappa shape index (κ1) is 25.5. The van der Waals surface area contributed by atoms with Crippen molar-refractivity contribution in [2.75, 3.05) is 12.0 Å². The van der Waals surface area contributed by atoms with Crippen LogP contribution < -0.4 is 9.64 Å². The van der Waals surface area contributed by atoms with Gasteiger partial charge in [-0.05, 0) is 48.4 Å². The fourth-order valence-corrected chi connectivity index (χ4v) is 7.22. The highest BCUT2D eigenvalue weighted by molar-refractivity contribution is 6.32. The SMILES string of the molecule is COc1cccc([C@H]2[C@H](C(=O)c3ccc(C)cc3)N3c4ccc(Cl)cc4C=C[C@H]3C23C(=O)c2ccccc2C3=O)c1. The Labute approximate surface area is 243 Å².